The van der Waals surface area contributed by atoms with Crippen LogP contribution in [0.15, 0.2) is 18.3 Å². The van der Waals surface area contributed by atoms with E-state index in [1.54, 1.807) is 13.1 Å². The zero-order valence-corrected chi connectivity index (χ0v) is 16.7. The second kappa shape index (κ2) is 8.07. The minimum atomic E-state index is -0.195. The Labute approximate surface area is 166 Å². The molecule has 0 bridgehead atoms. The minimum Gasteiger partial charge on any atom is -0.378 e. The predicted molar refractivity (Wildman–Crippen MR) is 106 cm³/mol. The van der Waals surface area contributed by atoms with Gasteiger partial charge in [-0.05, 0) is 25.0 Å². The number of amides is 2. The number of hydrogen-bond acceptors (Lipinski definition) is 5. The van der Waals surface area contributed by atoms with Crippen molar-refractivity contribution in [1.29, 1.82) is 0 Å². The summed E-state index contributed by atoms with van der Waals surface area (Å²) in [5.74, 6) is 0.912. The van der Waals surface area contributed by atoms with Crippen molar-refractivity contribution in [2.24, 2.45) is 0 Å². The molecule has 4 rings (SSSR count). The summed E-state index contributed by atoms with van der Waals surface area (Å²) in [6.07, 6.45) is 7.18. The lowest BCUT2D eigenvalue weighted by Crippen LogP contribution is -2.65. The van der Waals surface area contributed by atoms with E-state index in [4.69, 9.17) is 4.74 Å². The maximum Gasteiger partial charge on any atom is 0.257 e. The summed E-state index contributed by atoms with van der Waals surface area (Å²) >= 11 is 0. The first-order valence-electron chi connectivity index (χ1n) is 10.5. The highest BCUT2D eigenvalue weighted by Crippen LogP contribution is 2.37. The number of aromatic nitrogens is 1. The van der Waals surface area contributed by atoms with Gasteiger partial charge in [-0.2, -0.15) is 0 Å². The van der Waals surface area contributed by atoms with Crippen LogP contribution in [0.2, 0.25) is 0 Å². The Morgan fingerprint density at radius 2 is 1.82 bits per heavy atom. The van der Waals surface area contributed by atoms with Gasteiger partial charge in [0.1, 0.15) is 5.82 Å². The molecule has 0 atom stereocenters. The van der Waals surface area contributed by atoms with Crippen molar-refractivity contribution in [3.05, 3.63) is 23.9 Å². The van der Waals surface area contributed by atoms with E-state index in [0.717, 1.165) is 44.6 Å². The highest BCUT2D eigenvalue weighted by molar-refractivity contribution is 5.99. The smallest absolute Gasteiger partial charge is 0.257 e. The third kappa shape index (κ3) is 3.60. The van der Waals surface area contributed by atoms with Gasteiger partial charge in [0.2, 0.25) is 5.91 Å². The Hall–Kier alpha value is -2.15. The molecule has 2 amide bonds. The Balaban J connectivity index is 1.58. The van der Waals surface area contributed by atoms with Crippen LogP contribution in [0.5, 0.6) is 0 Å². The van der Waals surface area contributed by atoms with Gasteiger partial charge in [-0.25, -0.2) is 4.98 Å². The molecule has 1 saturated carbocycles. The van der Waals surface area contributed by atoms with Crippen molar-refractivity contribution in [3.8, 4) is 0 Å². The first-order valence-corrected chi connectivity index (χ1v) is 10.5. The molecule has 3 fully saturated rings. The third-order valence-electron chi connectivity index (χ3n) is 6.43. The van der Waals surface area contributed by atoms with Crippen LogP contribution >= 0.6 is 0 Å². The molecule has 7 heteroatoms. The Bertz CT molecular complexity index is 726. The lowest BCUT2D eigenvalue weighted by molar-refractivity contribution is -0.141. The SMILES string of the molecule is CC(=O)N1CCN(C(=O)c2cccnc2N2CCOCC2)CC12CCCCC2. The van der Waals surface area contributed by atoms with E-state index in [1.807, 2.05) is 21.9 Å². The van der Waals surface area contributed by atoms with Crippen molar-refractivity contribution in [2.45, 2.75) is 44.6 Å². The number of piperazine rings is 1. The van der Waals surface area contributed by atoms with E-state index >= 15 is 0 Å². The van der Waals surface area contributed by atoms with Crippen molar-refractivity contribution in [3.63, 3.8) is 0 Å². The monoisotopic (exact) mass is 386 g/mol. The maximum absolute atomic E-state index is 13.5. The van der Waals surface area contributed by atoms with Crippen LogP contribution in [-0.2, 0) is 9.53 Å². The van der Waals surface area contributed by atoms with Crippen molar-refractivity contribution >= 4 is 17.6 Å². The van der Waals surface area contributed by atoms with Crippen molar-refractivity contribution in [2.75, 3.05) is 50.8 Å². The zero-order valence-electron chi connectivity index (χ0n) is 16.7. The predicted octanol–water partition coefficient (Wildman–Crippen LogP) is 1.93. The van der Waals surface area contributed by atoms with Crippen LogP contribution in [0, 0.1) is 0 Å². The molecular formula is C21H30N4O3. The van der Waals surface area contributed by atoms with Crippen molar-refractivity contribution < 1.29 is 14.3 Å². The molecule has 152 valence electrons. The fraction of sp³-hybridized carbons (Fsp3) is 0.667. The largest absolute Gasteiger partial charge is 0.378 e. The summed E-state index contributed by atoms with van der Waals surface area (Å²) in [6.45, 7) is 6.30. The molecular weight excluding hydrogens is 356 g/mol. The topological polar surface area (TPSA) is 66.0 Å². The summed E-state index contributed by atoms with van der Waals surface area (Å²) in [5, 5.41) is 0. The first kappa shape index (κ1) is 19.2. The highest BCUT2D eigenvalue weighted by Gasteiger charge is 2.45. The van der Waals surface area contributed by atoms with Gasteiger partial charge in [0.15, 0.2) is 0 Å². The number of carbonyl (C=O) groups is 2. The number of hydrogen-bond donors (Lipinski definition) is 0. The molecule has 0 aromatic carbocycles. The molecule has 0 radical (unpaired) electrons. The van der Waals surface area contributed by atoms with Crippen LogP contribution < -0.4 is 4.90 Å². The number of pyridine rings is 1. The average molecular weight is 386 g/mol. The number of anilines is 1. The molecule has 2 aliphatic heterocycles. The number of nitrogens with zero attached hydrogens (tertiary/aromatic N) is 4. The molecule has 1 aliphatic carbocycles. The van der Waals surface area contributed by atoms with Crippen LogP contribution in [0.4, 0.5) is 5.82 Å². The molecule has 1 aromatic rings. The number of ether oxygens (including phenoxy) is 1. The van der Waals surface area contributed by atoms with Crippen LogP contribution in [-0.4, -0.2) is 78.1 Å². The van der Waals surface area contributed by atoms with Gasteiger partial charge in [-0.3, -0.25) is 9.59 Å². The Morgan fingerprint density at radius 3 is 2.54 bits per heavy atom. The van der Waals surface area contributed by atoms with Gasteiger partial charge >= 0.3 is 0 Å². The van der Waals surface area contributed by atoms with E-state index in [-0.39, 0.29) is 17.4 Å². The van der Waals surface area contributed by atoms with Gasteiger partial charge in [-0.15, -0.1) is 0 Å². The summed E-state index contributed by atoms with van der Waals surface area (Å²) in [7, 11) is 0. The highest BCUT2D eigenvalue weighted by atomic mass is 16.5. The third-order valence-corrected chi connectivity index (χ3v) is 6.43. The second-order valence-corrected chi connectivity index (χ2v) is 8.16. The summed E-state index contributed by atoms with van der Waals surface area (Å²) < 4.78 is 5.45. The Morgan fingerprint density at radius 1 is 1.07 bits per heavy atom. The normalized spacial score (nSPS) is 22.4. The fourth-order valence-electron chi connectivity index (χ4n) is 5.04. The molecule has 0 N–H and O–H groups in total. The van der Waals surface area contributed by atoms with Gasteiger partial charge in [-0.1, -0.05) is 19.3 Å². The number of carbonyl (C=O) groups excluding carboxylic acids is 2. The lowest BCUT2D eigenvalue weighted by atomic mass is 9.78. The number of rotatable bonds is 2. The molecule has 28 heavy (non-hydrogen) atoms. The van der Waals surface area contributed by atoms with Gasteiger partial charge in [0.05, 0.1) is 24.3 Å². The number of morpholine rings is 1. The first-order chi connectivity index (χ1) is 13.6. The molecule has 0 unspecified atom stereocenters. The second-order valence-electron chi connectivity index (χ2n) is 8.16. The van der Waals surface area contributed by atoms with E-state index in [0.29, 0.717) is 38.4 Å². The maximum atomic E-state index is 13.5. The quantitative estimate of drug-likeness (QED) is 0.777. The van der Waals surface area contributed by atoms with Crippen molar-refractivity contribution in [1.82, 2.24) is 14.8 Å². The standard InChI is InChI=1S/C21H30N4O3/c1-17(26)25-11-10-24(16-21(25)7-3-2-4-8-21)20(27)18-6-5-9-22-19(18)23-12-14-28-15-13-23/h5-6,9H,2-4,7-8,10-16H2,1H3. The molecule has 1 spiro atoms. The molecule has 7 nitrogen and oxygen atoms in total. The molecule has 3 heterocycles. The summed E-state index contributed by atoms with van der Waals surface area (Å²) in [4.78, 5) is 36.4. The van der Waals surface area contributed by atoms with Crippen LogP contribution in [0.1, 0.15) is 49.4 Å². The zero-order chi connectivity index (χ0) is 19.6. The minimum absolute atomic E-state index is 0.0303. The van der Waals surface area contributed by atoms with E-state index in [2.05, 4.69) is 9.88 Å². The Kier molecular flexibility index (Phi) is 5.53. The molecule has 1 aromatic heterocycles. The average Bonchev–Trinajstić information content (AvgIpc) is 2.74. The van der Waals surface area contributed by atoms with Gasteiger partial charge in [0, 0.05) is 45.8 Å². The fourth-order valence-corrected chi connectivity index (χ4v) is 5.04. The van der Waals surface area contributed by atoms with Gasteiger partial charge < -0.3 is 19.4 Å². The van der Waals surface area contributed by atoms with Crippen LogP contribution in [0.25, 0.3) is 0 Å². The molecule has 3 aliphatic rings. The lowest BCUT2D eigenvalue weighted by Gasteiger charge is -2.52. The van der Waals surface area contributed by atoms with E-state index < -0.39 is 0 Å². The summed E-state index contributed by atoms with van der Waals surface area (Å²) in [6, 6.07) is 3.71. The van der Waals surface area contributed by atoms with Crippen LogP contribution in [0.3, 0.4) is 0 Å². The van der Waals surface area contributed by atoms with Gasteiger partial charge in [0.25, 0.3) is 5.91 Å². The summed E-state index contributed by atoms with van der Waals surface area (Å²) in [5.41, 5.74) is 0.464. The molecule has 2 saturated heterocycles. The van der Waals surface area contributed by atoms with E-state index in [9.17, 15) is 9.59 Å². The van der Waals surface area contributed by atoms with E-state index in [1.165, 1.54) is 6.42 Å².